The van der Waals surface area contributed by atoms with Crippen LogP contribution in [0.15, 0.2) is 36.4 Å². The molecule has 0 bridgehead atoms. The second-order valence-electron chi connectivity index (χ2n) is 6.10. The van der Waals surface area contributed by atoms with Gasteiger partial charge in [-0.05, 0) is 30.3 Å². The topological polar surface area (TPSA) is 85.3 Å². The summed E-state index contributed by atoms with van der Waals surface area (Å²) in [6.07, 6.45) is 5.33. The summed E-state index contributed by atoms with van der Waals surface area (Å²) in [5.74, 6) is 0.503. The molecule has 2 amide bonds. The first-order valence-electron chi connectivity index (χ1n) is 8.56. The number of hydrogen-bond donors (Lipinski definition) is 2. The minimum atomic E-state index is -3.15. The van der Waals surface area contributed by atoms with Gasteiger partial charge in [-0.3, -0.25) is 9.59 Å². The Morgan fingerprint density at radius 2 is 1.93 bits per heavy atom. The number of carbonyl (C=O) groups excluding carboxylic acids is 2. The van der Waals surface area contributed by atoms with Crippen molar-refractivity contribution in [1.29, 1.82) is 0 Å². The number of benzene rings is 2. The van der Waals surface area contributed by atoms with Gasteiger partial charge >= 0.3 is 6.61 Å². The fraction of sp³-hybridized carbons (Fsp3) is 0.150. The van der Waals surface area contributed by atoms with Crippen LogP contribution in [0.25, 0.3) is 10.9 Å². The lowest BCUT2D eigenvalue weighted by Gasteiger charge is -2.11. The van der Waals surface area contributed by atoms with Gasteiger partial charge in [-0.2, -0.15) is 13.9 Å². The Morgan fingerprint density at radius 1 is 1.23 bits per heavy atom. The van der Waals surface area contributed by atoms with Crippen LogP contribution in [-0.4, -0.2) is 28.2 Å². The molecule has 0 fully saturated rings. The monoisotopic (exact) mass is 416 g/mol. The summed E-state index contributed by atoms with van der Waals surface area (Å²) in [7, 11) is 0. The van der Waals surface area contributed by atoms with E-state index in [1.54, 1.807) is 0 Å². The Hall–Kier alpha value is -4.00. The number of aromatic nitrogens is 2. The number of nitrogens with one attached hydrogen (secondary N) is 2. The van der Waals surface area contributed by atoms with Crippen molar-refractivity contribution in [2.24, 2.45) is 0 Å². The van der Waals surface area contributed by atoms with Crippen LogP contribution in [0.1, 0.15) is 17.3 Å². The second kappa shape index (κ2) is 8.57. The van der Waals surface area contributed by atoms with Crippen molar-refractivity contribution < 1.29 is 27.5 Å². The first-order chi connectivity index (χ1) is 14.3. The Balaban J connectivity index is 2.12. The zero-order chi connectivity index (χ0) is 21.8. The maximum absolute atomic E-state index is 13.1. The number of amides is 2. The van der Waals surface area contributed by atoms with Gasteiger partial charge in [0.25, 0.3) is 5.91 Å². The summed E-state index contributed by atoms with van der Waals surface area (Å²) in [6.45, 7) is -1.99. The molecule has 0 spiro atoms. The fourth-order valence-corrected chi connectivity index (χ4v) is 2.81. The molecule has 30 heavy (non-hydrogen) atoms. The Morgan fingerprint density at radius 3 is 2.53 bits per heavy atom. The van der Waals surface area contributed by atoms with Crippen molar-refractivity contribution in [1.82, 2.24) is 9.78 Å². The zero-order valence-corrected chi connectivity index (χ0v) is 15.6. The number of fused-ring (bicyclic) bond motifs is 1. The molecule has 3 aromatic rings. The Bertz CT molecular complexity index is 1150. The van der Waals surface area contributed by atoms with Crippen molar-refractivity contribution in [3.63, 3.8) is 0 Å². The highest BCUT2D eigenvalue weighted by molar-refractivity contribution is 6.09. The lowest BCUT2D eigenvalue weighted by atomic mass is 10.2. The molecule has 0 aliphatic carbocycles. The highest BCUT2D eigenvalue weighted by Crippen LogP contribution is 2.35. The van der Waals surface area contributed by atoms with Gasteiger partial charge in [-0.25, -0.2) is 9.07 Å². The molecule has 2 aromatic carbocycles. The van der Waals surface area contributed by atoms with Crippen LogP contribution in [-0.2, 0) is 11.3 Å². The number of anilines is 2. The number of carbonyl (C=O) groups is 2. The van der Waals surface area contributed by atoms with Crippen LogP contribution >= 0.6 is 0 Å². The molecule has 0 aliphatic heterocycles. The summed E-state index contributed by atoms with van der Waals surface area (Å²) < 4.78 is 44.8. The van der Waals surface area contributed by atoms with Crippen molar-refractivity contribution in [2.45, 2.75) is 20.1 Å². The van der Waals surface area contributed by atoms with Gasteiger partial charge < -0.3 is 15.4 Å². The number of nitrogens with zero attached hydrogens (tertiary/aromatic N) is 2. The predicted octanol–water partition coefficient (Wildman–Crippen LogP) is 3.62. The molecular formula is C20H15F3N4O3. The maximum atomic E-state index is 13.1. The average Bonchev–Trinajstić information content (AvgIpc) is 2.99. The first-order valence-corrected chi connectivity index (χ1v) is 8.56. The third kappa shape index (κ3) is 4.52. The van der Waals surface area contributed by atoms with E-state index < -0.39 is 24.2 Å². The van der Waals surface area contributed by atoms with E-state index in [1.807, 2.05) is 0 Å². The quantitative estimate of drug-likeness (QED) is 0.601. The second-order valence-corrected chi connectivity index (χ2v) is 6.10. The van der Waals surface area contributed by atoms with Crippen LogP contribution in [0, 0.1) is 18.2 Å². The number of hydrogen-bond acceptors (Lipinski definition) is 4. The number of halogens is 3. The standard InChI is InChI=1S/C20H15F3N4O3/c1-3-8-27-17-15(9-14(24-11(2)28)10-16(17)30-20(22)23)18(26-27)25-19(29)12-4-6-13(21)7-5-12/h1,4-7,9-10,20H,8H2,2H3,(H,24,28)(H,25,26,29). The SMILES string of the molecule is C#CCn1nc(NC(=O)c2ccc(F)cc2)c2cc(NC(C)=O)cc(OC(F)F)c21. The first kappa shape index (κ1) is 20.7. The summed E-state index contributed by atoms with van der Waals surface area (Å²) in [5, 5.41) is 9.41. The minimum absolute atomic E-state index is 0.000827. The minimum Gasteiger partial charge on any atom is -0.432 e. The predicted molar refractivity (Wildman–Crippen MR) is 104 cm³/mol. The number of ether oxygens (including phenoxy) is 1. The molecule has 0 saturated heterocycles. The van der Waals surface area contributed by atoms with Gasteiger partial charge in [0.15, 0.2) is 11.6 Å². The van der Waals surface area contributed by atoms with Crippen molar-refractivity contribution in [3.05, 3.63) is 47.8 Å². The lowest BCUT2D eigenvalue weighted by Crippen LogP contribution is -2.13. The van der Waals surface area contributed by atoms with Gasteiger partial charge in [0.1, 0.15) is 17.9 Å². The van der Waals surface area contributed by atoms with Crippen molar-refractivity contribution in [2.75, 3.05) is 10.6 Å². The van der Waals surface area contributed by atoms with E-state index in [2.05, 4.69) is 26.4 Å². The molecule has 154 valence electrons. The molecule has 7 nitrogen and oxygen atoms in total. The molecule has 1 heterocycles. The number of alkyl halides is 2. The van der Waals surface area contributed by atoms with E-state index in [0.717, 1.165) is 12.1 Å². The number of rotatable bonds is 6. The highest BCUT2D eigenvalue weighted by Gasteiger charge is 2.21. The van der Waals surface area contributed by atoms with Crippen LogP contribution < -0.4 is 15.4 Å². The van der Waals surface area contributed by atoms with Crippen LogP contribution in [0.2, 0.25) is 0 Å². The van der Waals surface area contributed by atoms with E-state index in [0.29, 0.717) is 0 Å². The molecule has 0 radical (unpaired) electrons. The molecule has 0 unspecified atom stereocenters. The third-order valence-corrected chi connectivity index (χ3v) is 3.92. The molecule has 0 saturated carbocycles. The Labute approximate surface area is 168 Å². The summed E-state index contributed by atoms with van der Waals surface area (Å²) >= 11 is 0. The summed E-state index contributed by atoms with van der Waals surface area (Å²) in [6, 6.07) is 7.44. The van der Waals surface area contributed by atoms with E-state index in [4.69, 9.17) is 6.42 Å². The molecule has 0 atom stereocenters. The molecule has 1 aromatic heterocycles. The van der Waals surface area contributed by atoms with E-state index in [-0.39, 0.29) is 40.3 Å². The van der Waals surface area contributed by atoms with E-state index in [9.17, 15) is 22.8 Å². The normalized spacial score (nSPS) is 10.7. The molecule has 0 aliphatic rings. The average molecular weight is 416 g/mol. The number of terminal acetylenes is 1. The highest BCUT2D eigenvalue weighted by atomic mass is 19.3. The van der Waals surface area contributed by atoms with E-state index in [1.165, 1.54) is 35.9 Å². The van der Waals surface area contributed by atoms with Gasteiger partial charge in [0.05, 0.1) is 5.39 Å². The third-order valence-electron chi connectivity index (χ3n) is 3.92. The zero-order valence-electron chi connectivity index (χ0n) is 15.6. The van der Waals surface area contributed by atoms with Gasteiger partial charge in [-0.1, -0.05) is 5.92 Å². The largest absolute Gasteiger partial charge is 0.432 e. The molecular weight excluding hydrogens is 401 g/mol. The fourth-order valence-electron chi connectivity index (χ4n) is 2.81. The summed E-state index contributed by atoms with van der Waals surface area (Å²) in [4.78, 5) is 23.9. The van der Waals surface area contributed by atoms with Crippen molar-refractivity contribution >= 4 is 34.2 Å². The Kier molecular flexibility index (Phi) is 5.92. The van der Waals surface area contributed by atoms with Crippen LogP contribution in [0.3, 0.4) is 0 Å². The van der Waals surface area contributed by atoms with Crippen LogP contribution in [0.4, 0.5) is 24.7 Å². The molecule has 3 rings (SSSR count). The van der Waals surface area contributed by atoms with Crippen LogP contribution in [0.5, 0.6) is 5.75 Å². The van der Waals surface area contributed by atoms with Gasteiger partial charge in [-0.15, -0.1) is 6.42 Å². The smallest absolute Gasteiger partial charge is 0.387 e. The summed E-state index contributed by atoms with van der Waals surface area (Å²) in [5.41, 5.74) is 0.415. The van der Waals surface area contributed by atoms with Gasteiger partial charge in [0.2, 0.25) is 5.91 Å². The maximum Gasteiger partial charge on any atom is 0.387 e. The van der Waals surface area contributed by atoms with Crippen molar-refractivity contribution in [3.8, 4) is 18.1 Å². The van der Waals surface area contributed by atoms with Gasteiger partial charge in [0, 0.05) is 24.2 Å². The van der Waals surface area contributed by atoms with E-state index >= 15 is 0 Å². The molecule has 2 N–H and O–H groups in total. The molecule has 10 heteroatoms. The lowest BCUT2D eigenvalue weighted by molar-refractivity contribution is -0.114.